The fourth-order valence-corrected chi connectivity index (χ4v) is 9.50. The molecule has 1 N–H and O–H groups in total. The molecule has 0 fully saturated rings. The molecule has 0 amide bonds. The van der Waals surface area contributed by atoms with E-state index in [9.17, 15) is 14.7 Å². The minimum Gasteiger partial charge on any atom is -0.481 e. The Morgan fingerprint density at radius 2 is 1.34 bits per heavy atom. The van der Waals surface area contributed by atoms with Crippen molar-refractivity contribution in [2.75, 3.05) is 24.6 Å². The maximum Gasteiger partial charge on any atom is 0.309 e. The van der Waals surface area contributed by atoms with Crippen LogP contribution in [0.1, 0.15) is 42.5 Å². The normalized spacial score (nSPS) is 16.4. The lowest BCUT2D eigenvalue weighted by Crippen LogP contribution is -2.36. The lowest BCUT2D eigenvalue weighted by molar-refractivity contribution is -0.435. The second-order valence-electron chi connectivity index (χ2n) is 15.6. The predicted molar refractivity (Wildman–Crippen MR) is 235 cm³/mol. The largest absolute Gasteiger partial charge is 0.481 e. The number of ether oxygens (including phenoxy) is 1. The molecule has 0 bridgehead atoms. The number of aliphatic carboxylic acids is 1. The van der Waals surface area contributed by atoms with Crippen LogP contribution in [0.2, 0.25) is 0 Å². The van der Waals surface area contributed by atoms with Crippen LogP contribution in [-0.2, 0) is 38.0 Å². The minimum absolute atomic E-state index is 0.0151. The van der Waals surface area contributed by atoms with Crippen molar-refractivity contribution in [1.29, 1.82) is 0 Å². The summed E-state index contributed by atoms with van der Waals surface area (Å²) in [4.78, 5) is 25.6. The van der Waals surface area contributed by atoms with Crippen molar-refractivity contribution in [3.05, 3.63) is 191 Å². The molecular weight excluding hydrogens is 740 g/mol. The Hall–Kier alpha value is -6.24. The van der Waals surface area contributed by atoms with Gasteiger partial charge < -0.3 is 14.7 Å². The first-order valence-electron chi connectivity index (χ1n) is 19.8. The van der Waals surface area contributed by atoms with Gasteiger partial charge in [-0.1, -0.05) is 133 Å². The summed E-state index contributed by atoms with van der Waals surface area (Å²) in [7, 11) is 0. The first-order valence-corrected chi connectivity index (χ1v) is 20.2. The van der Waals surface area contributed by atoms with Crippen LogP contribution in [0.25, 0.3) is 21.5 Å². The summed E-state index contributed by atoms with van der Waals surface area (Å²) in [6, 6.07) is 46.5. The van der Waals surface area contributed by atoms with E-state index in [2.05, 4.69) is 151 Å². The zero-order chi connectivity index (χ0) is 40.3. The van der Waals surface area contributed by atoms with Crippen LogP contribution in [0.15, 0.2) is 168 Å². The molecular formula is C51H46ClN2O4+. The highest BCUT2D eigenvalue weighted by molar-refractivity contribution is 6.31. The molecule has 6 aromatic carbocycles. The Balaban J connectivity index is 1.27. The molecule has 58 heavy (non-hydrogen) atoms. The molecule has 2 heterocycles. The standard InChI is InChI=1S/C51H45ClN2O4/c1-50(2)45(54(30-29-47(56)57)49-42-22-12-10-20-40(42)39-19-9-11-21-41(39)48(49)50)27-25-38(52)26-28-46-51(33-36-15-5-3-6-16-36,34-37-17-7-4-8-18-37)43-23-13-14-24-44(43)53(46)31-32-58-35-55/h3-28,35H,29-34H2,1-2H3/p+1. The van der Waals surface area contributed by atoms with Crippen molar-refractivity contribution < 1.29 is 24.0 Å². The molecule has 0 radical (unpaired) electrons. The van der Waals surface area contributed by atoms with Crippen molar-refractivity contribution in [3.63, 3.8) is 0 Å². The number of hydrogen-bond donors (Lipinski definition) is 1. The molecule has 6 nitrogen and oxygen atoms in total. The van der Waals surface area contributed by atoms with Crippen molar-refractivity contribution in [2.24, 2.45) is 0 Å². The maximum absolute atomic E-state index is 12.0. The highest BCUT2D eigenvalue weighted by Crippen LogP contribution is 2.52. The summed E-state index contributed by atoms with van der Waals surface area (Å²) < 4.78 is 7.47. The molecule has 0 unspecified atom stereocenters. The average Bonchev–Trinajstić information content (AvgIpc) is 3.62. The van der Waals surface area contributed by atoms with Crippen molar-refractivity contribution in [1.82, 2.24) is 0 Å². The van der Waals surface area contributed by atoms with Gasteiger partial charge in [0.25, 0.3) is 6.47 Å². The first-order chi connectivity index (χ1) is 28.2. The number of nitrogens with zero attached hydrogens (tertiary/aromatic N) is 2. The second-order valence-corrected chi connectivity index (χ2v) is 16.0. The van der Waals surface area contributed by atoms with E-state index in [4.69, 9.17) is 16.3 Å². The third-order valence-corrected chi connectivity index (χ3v) is 12.0. The molecule has 0 saturated carbocycles. The van der Waals surface area contributed by atoms with Crippen LogP contribution in [0.3, 0.4) is 0 Å². The van der Waals surface area contributed by atoms with Gasteiger partial charge in [-0.05, 0) is 89.9 Å². The number of anilines is 1. The molecule has 0 saturated heterocycles. The molecule has 0 aromatic heterocycles. The van der Waals surface area contributed by atoms with E-state index in [1.807, 2.05) is 30.4 Å². The Morgan fingerprint density at radius 1 is 0.776 bits per heavy atom. The summed E-state index contributed by atoms with van der Waals surface area (Å²) in [6.07, 6.45) is 9.53. The molecule has 7 heteroatoms. The topological polar surface area (TPSA) is 69.8 Å². The van der Waals surface area contributed by atoms with Gasteiger partial charge in [0.1, 0.15) is 13.0 Å². The van der Waals surface area contributed by atoms with Crippen LogP contribution in [0.5, 0.6) is 0 Å². The first kappa shape index (κ1) is 38.6. The summed E-state index contributed by atoms with van der Waals surface area (Å²) in [5, 5.41) is 15.0. The van der Waals surface area contributed by atoms with Gasteiger partial charge in [0.15, 0.2) is 12.3 Å². The molecule has 290 valence electrons. The van der Waals surface area contributed by atoms with E-state index >= 15 is 0 Å². The van der Waals surface area contributed by atoms with Crippen LogP contribution >= 0.6 is 11.6 Å². The number of rotatable bonds is 14. The van der Waals surface area contributed by atoms with E-state index in [0.29, 0.717) is 24.6 Å². The number of allylic oxidation sites excluding steroid dienone is 6. The highest BCUT2D eigenvalue weighted by atomic mass is 35.5. The summed E-state index contributed by atoms with van der Waals surface area (Å²) in [6.45, 7) is 5.94. The Morgan fingerprint density at radius 3 is 1.98 bits per heavy atom. The van der Waals surface area contributed by atoms with Gasteiger partial charge in [-0.2, -0.15) is 4.58 Å². The van der Waals surface area contributed by atoms with E-state index in [1.165, 1.54) is 27.6 Å². The monoisotopic (exact) mass is 785 g/mol. The van der Waals surface area contributed by atoms with Crippen LogP contribution in [0.4, 0.5) is 11.4 Å². The van der Waals surface area contributed by atoms with Crippen LogP contribution in [-0.4, -0.2) is 47.5 Å². The number of carboxylic acid groups (broad SMARTS) is 1. The van der Waals surface area contributed by atoms with Gasteiger partial charge in [0, 0.05) is 33.5 Å². The predicted octanol–water partition coefficient (Wildman–Crippen LogP) is 10.8. The zero-order valence-electron chi connectivity index (χ0n) is 32.8. The second kappa shape index (κ2) is 16.3. The molecule has 2 aliphatic rings. The SMILES string of the molecule is CC1(C)C(/C=C/C(Cl)=C/C=C2\N(CCOC=O)c3ccccc3C2(Cc2ccccc2)Cc2ccccc2)=[N+](CCC(=O)O)c2c1c1ccccc1c1ccccc21. The van der Waals surface area contributed by atoms with Crippen LogP contribution < -0.4 is 4.90 Å². The number of benzene rings is 6. The highest BCUT2D eigenvalue weighted by Gasteiger charge is 2.48. The summed E-state index contributed by atoms with van der Waals surface area (Å²) in [5.74, 6) is -0.848. The lowest BCUT2D eigenvalue weighted by atomic mass is 9.70. The lowest BCUT2D eigenvalue weighted by Gasteiger charge is -2.34. The number of carbonyl (C=O) groups is 2. The number of fused-ring (bicyclic) bond motifs is 7. The van der Waals surface area contributed by atoms with E-state index < -0.39 is 16.8 Å². The molecule has 0 atom stereocenters. The van der Waals surface area contributed by atoms with Gasteiger partial charge >= 0.3 is 5.97 Å². The number of hydrogen-bond acceptors (Lipinski definition) is 4. The van der Waals surface area contributed by atoms with Gasteiger partial charge in [0.05, 0.1) is 17.3 Å². The van der Waals surface area contributed by atoms with E-state index in [-0.39, 0.29) is 13.0 Å². The van der Waals surface area contributed by atoms with Crippen molar-refractivity contribution in [2.45, 2.75) is 43.9 Å². The molecule has 0 aliphatic carbocycles. The Labute approximate surface area is 344 Å². The van der Waals surface area contributed by atoms with Gasteiger partial charge in [-0.25, -0.2) is 0 Å². The Kier molecular flexibility index (Phi) is 10.9. The number of halogens is 1. The Bertz CT molecular complexity index is 2600. The number of para-hydroxylation sites is 1. The molecule has 0 spiro atoms. The van der Waals surface area contributed by atoms with Gasteiger partial charge in [0.2, 0.25) is 5.69 Å². The zero-order valence-corrected chi connectivity index (χ0v) is 33.5. The summed E-state index contributed by atoms with van der Waals surface area (Å²) >= 11 is 7.22. The fourth-order valence-electron chi connectivity index (χ4n) is 9.38. The van der Waals surface area contributed by atoms with Crippen molar-refractivity contribution >= 4 is 62.7 Å². The van der Waals surface area contributed by atoms with Gasteiger partial charge in [-0.3, -0.25) is 9.59 Å². The minimum atomic E-state index is -0.848. The smallest absolute Gasteiger partial charge is 0.309 e. The van der Waals surface area contributed by atoms with E-state index in [0.717, 1.165) is 51.8 Å². The third-order valence-electron chi connectivity index (χ3n) is 11.8. The number of carbonyl (C=O) groups excluding carboxylic acids is 1. The van der Waals surface area contributed by atoms with E-state index in [1.54, 1.807) is 0 Å². The quantitative estimate of drug-likeness (QED) is 0.0392. The van der Waals surface area contributed by atoms with Crippen molar-refractivity contribution in [3.8, 4) is 0 Å². The number of carboxylic acids is 1. The average molecular weight is 786 g/mol. The maximum atomic E-state index is 12.0. The molecule has 2 aliphatic heterocycles. The third kappa shape index (κ3) is 7.14. The van der Waals surface area contributed by atoms with Crippen LogP contribution in [0, 0.1) is 0 Å². The molecule has 8 rings (SSSR count). The molecule has 6 aromatic rings. The van der Waals surface area contributed by atoms with Gasteiger partial charge in [-0.15, -0.1) is 0 Å². The fraction of sp³-hybridized carbons (Fsp3) is 0.196. The summed E-state index contributed by atoms with van der Waals surface area (Å²) in [5.41, 5.74) is 8.02.